The van der Waals surface area contributed by atoms with Gasteiger partial charge in [-0.25, -0.2) is 4.98 Å². The monoisotopic (exact) mass is 402 g/mol. The number of aromatic nitrogens is 3. The smallest absolute Gasteiger partial charge is 0.192 e. The highest BCUT2D eigenvalue weighted by Crippen LogP contribution is 2.27. The molecule has 0 bridgehead atoms. The molecule has 154 valence electrons. The van der Waals surface area contributed by atoms with Gasteiger partial charge in [0.05, 0.1) is 5.69 Å². The summed E-state index contributed by atoms with van der Waals surface area (Å²) in [5.74, 6) is 2.15. The van der Waals surface area contributed by atoms with Crippen LogP contribution in [-0.2, 0) is 6.54 Å². The van der Waals surface area contributed by atoms with Crippen LogP contribution in [-0.4, -0.2) is 48.1 Å². The first kappa shape index (κ1) is 19.8. The molecule has 8 heteroatoms. The van der Waals surface area contributed by atoms with Crippen molar-refractivity contribution >= 4 is 24.0 Å². The molecule has 1 fully saturated rings. The van der Waals surface area contributed by atoms with E-state index in [0.717, 1.165) is 48.8 Å². The Morgan fingerprint density at radius 1 is 1.10 bits per heavy atom. The molecule has 0 radical (unpaired) electrons. The first-order chi connectivity index (χ1) is 14.7. The molecule has 0 unspecified atom stereocenters. The van der Waals surface area contributed by atoms with E-state index in [4.69, 9.17) is 4.98 Å². The van der Waals surface area contributed by atoms with E-state index in [1.165, 1.54) is 5.56 Å². The number of hydrogen-bond acceptors (Lipinski definition) is 8. The summed E-state index contributed by atoms with van der Waals surface area (Å²) in [7, 11) is 0. The molecule has 3 N–H and O–H groups in total. The summed E-state index contributed by atoms with van der Waals surface area (Å²) in [4.78, 5) is 7.16. The zero-order valence-electron chi connectivity index (χ0n) is 17.1. The molecule has 0 spiro atoms. The summed E-state index contributed by atoms with van der Waals surface area (Å²) in [6.07, 6.45) is 0. The van der Waals surface area contributed by atoms with Crippen molar-refractivity contribution in [2.24, 2.45) is 5.10 Å². The van der Waals surface area contributed by atoms with Gasteiger partial charge in [0.25, 0.3) is 0 Å². The topological polar surface area (TPSA) is 90.4 Å². The van der Waals surface area contributed by atoms with Crippen LogP contribution in [0.1, 0.15) is 11.1 Å². The van der Waals surface area contributed by atoms with Crippen molar-refractivity contribution in [3.05, 3.63) is 59.7 Å². The molecule has 0 atom stereocenters. The highest BCUT2D eigenvalue weighted by Gasteiger charge is 2.19. The molecule has 1 aromatic heterocycles. The third-order valence-corrected chi connectivity index (χ3v) is 5.07. The van der Waals surface area contributed by atoms with E-state index in [9.17, 15) is 0 Å². The molecule has 0 saturated carbocycles. The van der Waals surface area contributed by atoms with E-state index >= 15 is 0 Å². The standard InChI is InChI=1S/C22H26N8/c1-16-14-18(8-9-19(16)27-23-2)20-26-22(30-12-10-24-11-13-30)21(29-28-20)25-15-17-6-4-3-5-7-17/h3-9,14,24,27H,2,10-13,15H2,1H3,(H,25,29). The minimum absolute atomic E-state index is 0.606. The van der Waals surface area contributed by atoms with Crippen LogP contribution in [0.5, 0.6) is 0 Å². The quantitative estimate of drug-likeness (QED) is 0.413. The Balaban J connectivity index is 1.64. The van der Waals surface area contributed by atoms with Gasteiger partial charge in [0.15, 0.2) is 17.5 Å². The van der Waals surface area contributed by atoms with Gasteiger partial charge in [-0.05, 0) is 36.2 Å². The molecule has 3 aromatic rings. The number of rotatable bonds is 7. The third kappa shape index (κ3) is 4.55. The first-order valence-corrected chi connectivity index (χ1v) is 10.1. The second-order valence-electron chi connectivity index (χ2n) is 7.18. The molecule has 0 amide bonds. The van der Waals surface area contributed by atoms with Crippen LogP contribution in [0, 0.1) is 6.92 Å². The lowest BCUT2D eigenvalue weighted by atomic mass is 10.1. The molecule has 1 saturated heterocycles. The normalized spacial score (nSPS) is 13.7. The lowest BCUT2D eigenvalue weighted by Gasteiger charge is -2.29. The minimum Gasteiger partial charge on any atom is -0.361 e. The van der Waals surface area contributed by atoms with E-state index in [1.54, 1.807) is 0 Å². The third-order valence-electron chi connectivity index (χ3n) is 5.07. The number of hydrogen-bond donors (Lipinski definition) is 3. The van der Waals surface area contributed by atoms with E-state index in [2.05, 4.69) is 55.1 Å². The highest BCUT2D eigenvalue weighted by atomic mass is 15.3. The molecule has 0 aliphatic carbocycles. The summed E-state index contributed by atoms with van der Waals surface area (Å²) >= 11 is 0. The number of hydrazone groups is 1. The van der Waals surface area contributed by atoms with Gasteiger partial charge in [-0.15, -0.1) is 10.2 Å². The Labute approximate surface area is 176 Å². The molecule has 1 aliphatic rings. The van der Waals surface area contributed by atoms with Crippen LogP contribution in [0.2, 0.25) is 0 Å². The van der Waals surface area contributed by atoms with Gasteiger partial charge < -0.3 is 15.5 Å². The maximum absolute atomic E-state index is 4.90. The highest BCUT2D eigenvalue weighted by molar-refractivity contribution is 5.68. The predicted molar refractivity (Wildman–Crippen MR) is 122 cm³/mol. The van der Waals surface area contributed by atoms with E-state index in [1.807, 2.05) is 43.3 Å². The summed E-state index contributed by atoms with van der Waals surface area (Å²) in [6, 6.07) is 16.2. The maximum Gasteiger partial charge on any atom is 0.192 e. The SMILES string of the molecule is C=NNc1ccc(-c2nnc(NCc3ccccc3)c(N3CCNCC3)n2)cc1C. The summed E-state index contributed by atoms with van der Waals surface area (Å²) in [5, 5.41) is 19.5. The molecular formula is C22H26N8. The van der Waals surface area contributed by atoms with Gasteiger partial charge in [-0.2, -0.15) is 5.10 Å². The molecule has 30 heavy (non-hydrogen) atoms. The van der Waals surface area contributed by atoms with Gasteiger partial charge in [0, 0.05) is 45.0 Å². The fraction of sp³-hybridized carbons (Fsp3) is 0.273. The van der Waals surface area contributed by atoms with Crippen molar-refractivity contribution in [1.82, 2.24) is 20.5 Å². The van der Waals surface area contributed by atoms with Crippen molar-refractivity contribution in [2.75, 3.05) is 41.8 Å². The van der Waals surface area contributed by atoms with Gasteiger partial charge >= 0.3 is 0 Å². The van der Waals surface area contributed by atoms with Gasteiger partial charge in [-0.3, -0.25) is 5.43 Å². The Kier molecular flexibility index (Phi) is 6.14. The van der Waals surface area contributed by atoms with Crippen molar-refractivity contribution in [2.45, 2.75) is 13.5 Å². The Hall–Kier alpha value is -3.52. The lowest BCUT2D eigenvalue weighted by molar-refractivity contribution is 0.584. The molecule has 1 aliphatic heterocycles. The van der Waals surface area contributed by atoms with Crippen molar-refractivity contribution in [3.8, 4) is 11.4 Å². The number of piperazine rings is 1. The van der Waals surface area contributed by atoms with Gasteiger partial charge in [0.2, 0.25) is 0 Å². The molecule has 8 nitrogen and oxygen atoms in total. The number of aryl methyl sites for hydroxylation is 1. The van der Waals surface area contributed by atoms with Crippen molar-refractivity contribution in [3.63, 3.8) is 0 Å². The van der Waals surface area contributed by atoms with Gasteiger partial charge in [0.1, 0.15) is 0 Å². The molecular weight excluding hydrogens is 376 g/mol. The first-order valence-electron chi connectivity index (χ1n) is 10.1. The van der Waals surface area contributed by atoms with Crippen LogP contribution in [0.15, 0.2) is 53.6 Å². The van der Waals surface area contributed by atoms with Crippen LogP contribution >= 0.6 is 0 Å². The number of nitrogens with zero attached hydrogens (tertiary/aromatic N) is 5. The van der Waals surface area contributed by atoms with E-state index < -0.39 is 0 Å². The summed E-state index contributed by atoms with van der Waals surface area (Å²) in [6.45, 7) is 9.76. The maximum atomic E-state index is 4.90. The Morgan fingerprint density at radius 3 is 2.63 bits per heavy atom. The number of nitrogens with one attached hydrogen (secondary N) is 3. The fourth-order valence-corrected chi connectivity index (χ4v) is 3.45. The molecule has 4 rings (SSSR count). The Bertz CT molecular complexity index is 999. The summed E-state index contributed by atoms with van der Waals surface area (Å²) < 4.78 is 0. The minimum atomic E-state index is 0.606. The summed E-state index contributed by atoms with van der Waals surface area (Å²) in [5.41, 5.74) is 6.94. The van der Waals surface area contributed by atoms with Crippen LogP contribution in [0.25, 0.3) is 11.4 Å². The van der Waals surface area contributed by atoms with Crippen molar-refractivity contribution in [1.29, 1.82) is 0 Å². The van der Waals surface area contributed by atoms with Crippen LogP contribution < -0.4 is 21.0 Å². The lowest BCUT2D eigenvalue weighted by Crippen LogP contribution is -2.44. The second-order valence-corrected chi connectivity index (χ2v) is 7.18. The fourth-order valence-electron chi connectivity index (χ4n) is 3.45. The van der Waals surface area contributed by atoms with Crippen molar-refractivity contribution < 1.29 is 0 Å². The second kappa shape index (κ2) is 9.32. The van der Waals surface area contributed by atoms with Gasteiger partial charge in [-0.1, -0.05) is 30.3 Å². The van der Waals surface area contributed by atoms with Crippen LogP contribution in [0.4, 0.5) is 17.3 Å². The largest absolute Gasteiger partial charge is 0.361 e. The predicted octanol–water partition coefficient (Wildman–Crippen LogP) is 2.90. The average molecular weight is 403 g/mol. The molecule has 2 heterocycles. The zero-order chi connectivity index (χ0) is 20.8. The Morgan fingerprint density at radius 2 is 1.90 bits per heavy atom. The zero-order valence-corrected chi connectivity index (χ0v) is 17.1. The number of benzene rings is 2. The van der Waals surface area contributed by atoms with E-state index in [0.29, 0.717) is 18.2 Å². The van der Waals surface area contributed by atoms with E-state index in [-0.39, 0.29) is 0 Å². The average Bonchev–Trinajstić information content (AvgIpc) is 2.80. The van der Waals surface area contributed by atoms with Crippen LogP contribution in [0.3, 0.4) is 0 Å². The number of anilines is 3. The molecule has 2 aromatic carbocycles.